The first-order valence-electron chi connectivity index (χ1n) is 8.92. The van der Waals surface area contributed by atoms with Gasteiger partial charge in [-0.25, -0.2) is 0 Å². The van der Waals surface area contributed by atoms with Gasteiger partial charge in [0.25, 0.3) is 0 Å². The van der Waals surface area contributed by atoms with Gasteiger partial charge in [-0.1, -0.05) is 0 Å². The number of carbonyl (C=O) groups is 1. The van der Waals surface area contributed by atoms with Gasteiger partial charge in [0.2, 0.25) is 5.91 Å². The highest BCUT2D eigenvalue weighted by Gasteiger charge is 2.48. The first-order valence-corrected chi connectivity index (χ1v) is 8.92. The Morgan fingerprint density at radius 3 is 2.17 bits per heavy atom. The van der Waals surface area contributed by atoms with Crippen molar-refractivity contribution in [2.45, 2.75) is 63.7 Å². The van der Waals surface area contributed by atoms with E-state index in [1.165, 1.54) is 6.42 Å². The number of likely N-dealkylation sites (tertiary alicyclic amines) is 1. The monoisotopic (exact) mass is 381 g/mol. The summed E-state index contributed by atoms with van der Waals surface area (Å²) in [6.45, 7) is 9.39. The minimum Gasteiger partial charge on any atom is -0.373 e. The normalized spacial score (nSPS) is 30.2. The Kier molecular flexibility index (Phi) is 8.27. The van der Waals surface area contributed by atoms with Gasteiger partial charge < -0.3 is 15.4 Å². The summed E-state index contributed by atoms with van der Waals surface area (Å²) in [4.78, 5) is 16.8. The Morgan fingerprint density at radius 2 is 1.67 bits per heavy atom. The van der Waals surface area contributed by atoms with Gasteiger partial charge in [0.15, 0.2) is 0 Å². The summed E-state index contributed by atoms with van der Waals surface area (Å²) in [7, 11) is 0. The van der Waals surface area contributed by atoms with E-state index in [0.29, 0.717) is 12.2 Å². The van der Waals surface area contributed by atoms with E-state index in [1.807, 2.05) is 4.90 Å². The van der Waals surface area contributed by atoms with Gasteiger partial charge in [-0.3, -0.25) is 9.69 Å². The predicted octanol–water partition coefficient (Wildman–Crippen LogP) is 2.06. The van der Waals surface area contributed by atoms with Gasteiger partial charge in [0.05, 0.1) is 17.7 Å². The quantitative estimate of drug-likeness (QED) is 0.809. The van der Waals surface area contributed by atoms with E-state index in [-0.39, 0.29) is 30.7 Å². The molecule has 2 N–H and O–H groups in total. The fraction of sp³-hybridized carbons (Fsp3) is 0.941. The smallest absolute Gasteiger partial charge is 0.242 e. The van der Waals surface area contributed by atoms with Crippen molar-refractivity contribution in [1.82, 2.24) is 9.80 Å². The van der Waals surface area contributed by atoms with E-state index in [4.69, 9.17) is 10.5 Å². The van der Waals surface area contributed by atoms with E-state index in [9.17, 15) is 4.79 Å². The van der Waals surface area contributed by atoms with Gasteiger partial charge in [0, 0.05) is 26.2 Å². The number of hydrogen-bond acceptors (Lipinski definition) is 4. The van der Waals surface area contributed by atoms with E-state index >= 15 is 0 Å². The minimum absolute atomic E-state index is 0. The van der Waals surface area contributed by atoms with Gasteiger partial charge in [-0.2, -0.15) is 0 Å². The molecule has 5 nitrogen and oxygen atoms in total. The fourth-order valence-corrected chi connectivity index (χ4v) is 3.92. The third-order valence-electron chi connectivity index (χ3n) is 5.47. The summed E-state index contributed by atoms with van der Waals surface area (Å²) in [6.07, 6.45) is 5.97. The molecular weight excluding hydrogens is 349 g/mol. The van der Waals surface area contributed by atoms with Crippen molar-refractivity contribution in [3.63, 3.8) is 0 Å². The Bertz CT molecular complexity index is 403. The third kappa shape index (κ3) is 5.46. The van der Waals surface area contributed by atoms with Gasteiger partial charge in [-0.05, 0) is 58.4 Å². The van der Waals surface area contributed by atoms with Crippen molar-refractivity contribution >= 4 is 30.7 Å². The summed E-state index contributed by atoms with van der Waals surface area (Å²) in [5.41, 5.74) is 5.53. The molecule has 2 aliphatic heterocycles. The summed E-state index contributed by atoms with van der Waals surface area (Å²) in [6, 6.07) is 0. The first kappa shape index (κ1) is 22.0. The number of nitrogens with two attached hydrogens (primary N) is 1. The largest absolute Gasteiger partial charge is 0.373 e. The van der Waals surface area contributed by atoms with Crippen molar-refractivity contribution < 1.29 is 9.53 Å². The molecule has 142 valence electrons. The van der Waals surface area contributed by atoms with Crippen LogP contribution in [0.4, 0.5) is 0 Å². The van der Waals surface area contributed by atoms with Crippen LogP contribution in [-0.4, -0.2) is 66.2 Å². The Morgan fingerprint density at radius 1 is 1.12 bits per heavy atom. The average Bonchev–Trinajstić information content (AvgIpc) is 3.23. The highest BCUT2D eigenvalue weighted by molar-refractivity contribution is 5.89. The third-order valence-corrected chi connectivity index (χ3v) is 5.47. The van der Waals surface area contributed by atoms with Crippen LogP contribution in [0.3, 0.4) is 0 Å². The van der Waals surface area contributed by atoms with Crippen LogP contribution in [0.25, 0.3) is 0 Å². The molecule has 0 aromatic heterocycles. The molecule has 0 aromatic rings. The number of piperidine rings is 1. The lowest BCUT2D eigenvalue weighted by atomic mass is 9.92. The molecule has 0 bridgehead atoms. The molecule has 0 spiro atoms. The number of hydrogen-bond donors (Lipinski definition) is 1. The Balaban J connectivity index is 0.00000144. The maximum Gasteiger partial charge on any atom is 0.242 e. The predicted molar refractivity (Wildman–Crippen MR) is 101 cm³/mol. The van der Waals surface area contributed by atoms with Crippen LogP contribution >= 0.6 is 24.8 Å². The van der Waals surface area contributed by atoms with Gasteiger partial charge >= 0.3 is 0 Å². The second kappa shape index (κ2) is 9.04. The van der Waals surface area contributed by atoms with Crippen LogP contribution in [0.1, 0.15) is 46.0 Å². The SMILES string of the molecule is CC1CN(CCC2CCN(C(=O)C3(N)CC3)CC2)CC(C)O1.Cl.Cl. The van der Waals surface area contributed by atoms with Crippen LogP contribution in [0.15, 0.2) is 0 Å². The zero-order valence-corrected chi connectivity index (χ0v) is 16.5. The van der Waals surface area contributed by atoms with E-state index in [1.54, 1.807) is 0 Å². The number of nitrogens with zero attached hydrogens (tertiary/aromatic N) is 2. The zero-order valence-electron chi connectivity index (χ0n) is 14.9. The summed E-state index contributed by atoms with van der Waals surface area (Å²) in [5, 5.41) is 0. The highest BCUT2D eigenvalue weighted by atomic mass is 35.5. The number of rotatable bonds is 4. The maximum atomic E-state index is 12.2. The van der Waals surface area contributed by atoms with E-state index < -0.39 is 5.54 Å². The molecule has 2 heterocycles. The average molecular weight is 382 g/mol. The Labute approximate surface area is 158 Å². The van der Waals surface area contributed by atoms with Crippen molar-refractivity contribution in [2.24, 2.45) is 11.7 Å². The molecule has 7 heteroatoms. The number of morpholine rings is 1. The lowest BCUT2D eigenvalue weighted by molar-refractivity contribution is -0.135. The van der Waals surface area contributed by atoms with Crippen LogP contribution in [-0.2, 0) is 9.53 Å². The van der Waals surface area contributed by atoms with Crippen LogP contribution in [0.5, 0.6) is 0 Å². The molecule has 3 fully saturated rings. The van der Waals surface area contributed by atoms with E-state index in [2.05, 4.69) is 18.7 Å². The molecule has 0 aromatic carbocycles. The second-order valence-corrected chi connectivity index (χ2v) is 7.70. The molecule has 2 unspecified atom stereocenters. The highest BCUT2D eigenvalue weighted by Crippen LogP contribution is 2.35. The van der Waals surface area contributed by atoms with Crippen LogP contribution < -0.4 is 5.73 Å². The molecule has 3 aliphatic rings. The summed E-state index contributed by atoms with van der Waals surface area (Å²) in [5.74, 6) is 0.951. The standard InChI is InChI=1S/C17H31N3O2.2ClH/c1-13-11-19(12-14(2)22-13)8-3-15-4-9-20(10-5-15)16(21)17(18)6-7-17;;/h13-15H,3-12,18H2,1-2H3;2*1H. The number of ether oxygens (including phenoxy) is 1. The van der Waals surface area contributed by atoms with Crippen molar-refractivity contribution in [1.29, 1.82) is 0 Å². The van der Waals surface area contributed by atoms with E-state index in [0.717, 1.165) is 64.3 Å². The zero-order chi connectivity index (χ0) is 15.7. The second-order valence-electron chi connectivity index (χ2n) is 7.70. The Hall–Kier alpha value is -0.0700. The molecular formula is C17H33Cl2N3O2. The molecule has 1 aliphatic carbocycles. The summed E-state index contributed by atoms with van der Waals surface area (Å²) >= 11 is 0. The van der Waals surface area contributed by atoms with Gasteiger partial charge in [0.1, 0.15) is 0 Å². The lowest BCUT2D eigenvalue weighted by Gasteiger charge is -2.37. The lowest BCUT2D eigenvalue weighted by Crippen LogP contribution is -2.49. The molecule has 1 amide bonds. The molecule has 1 saturated carbocycles. The first-order chi connectivity index (χ1) is 10.5. The minimum atomic E-state index is -0.493. The van der Waals surface area contributed by atoms with Crippen LogP contribution in [0.2, 0.25) is 0 Å². The molecule has 0 radical (unpaired) electrons. The molecule has 2 saturated heterocycles. The van der Waals surface area contributed by atoms with Crippen molar-refractivity contribution in [2.75, 3.05) is 32.7 Å². The molecule has 2 atom stereocenters. The topological polar surface area (TPSA) is 58.8 Å². The number of amides is 1. The maximum absolute atomic E-state index is 12.2. The molecule has 3 rings (SSSR count). The van der Waals surface area contributed by atoms with Crippen LogP contribution in [0, 0.1) is 5.92 Å². The number of carbonyl (C=O) groups excluding carboxylic acids is 1. The summed E-state index contributed by atoms with van der Waals surface area (Å²) < 4.78 is 5.79. The van der Waals surface area contributed by atoms with Crippen molar-refractivity contribution in [3.8, 4) is 0 Å². The van der Waals surface area contributed by atoms with Crippen molar-refractivity contribution in [3.05, 3.63) is 0 Å². The van der Waals surface area contributed by atoms with Gasteiger partial charge in [-0.15, -0.1) is 24.8 Å². The number of halogens is 2. The fourth-order valence-electron chi connectivity index (χ4n) is 3.92. The molecule has 24 heavy (non-hydrogen) atoms.